The van der Waals surface area contributed by atoms with Crippen molar-refractivity contribution in [3.63, 3.8) is 0 Å². The van der Waals surface area contributed by atoms with Gasteiger partial charge in [0.15, 0.2) is 9.84 Å². The Morgan fingerprint density at radius 2 is 1.79 bits per heavy atom. The summed E-state index contributed by atoms with van der Waals surface area (Å²) in [5, 5.41) is 2.08. The molecule has 0 unspecified atom stereocenters. The highest BCUT2D eigenvalue weighted by atomic mass is 32.2. The molecule has 1 aliphatic rings. The van der Waals surface area contributed by atoms with E-state index in [-0.39, 0.29) is 22.4 Å². The van der Waals surface area contributed by atoms with E-state index in [1.807, 2.05) is 6.07 Å². The van der Waals surface area contributed by atoms with Crippen molar-refractivity contribution in [1.29, 1.82) is 0 Å². The number of hydrogen-bond acceptors (Lipinski definition) is 7. The Hall–Kier alpha value is -2.11. The van der Waals surface area contributed by atoms with Crippen molar-refractivity contribution in [3.05, 3.63) is 76.7 Å². The number of likely N-dealkylation sites (tertiary alicyclic amines) is 1. The van der Waals surface area contributed by atoms with Gasteiger partial charge in [-0.05, 0) is 73.6 Å². The first-order valence-corrected chi connectivity index (χ1v) is 15.4. The second-order valence-electron chi connectivity index (χ2n) is 8.56. The zero-order valence-electron chi connectivity index (χ0n) is 19.1. The number of hydrogen-bond donors (Lipinski definition) is 0. The van der Waals surface area contributed by atoms with Crippen LogP contribution < -0.4 is 0 Å². The predicted octanol–water partition coefficient (Wildman–Crippen LogP) is 3.44. The number of nitrogens with zero attached hydrogens (tertiary/aromatic N) is 3. The third kappa shape index (κ3) is 6.11. The fraction of sp³-hybridized carbons (Fsp3) is 0.375. The molecule has 0 amide bonds. The quantitative estimate of drug-likeness (QED) is 0.430. The lowest BCUT2D eigenvalue weighted by atomic mass is 10.0. The summed E-state index contributed by atoms with van der Waals surface area (Å²) in [7, 11) is -7.45. The highest BCUT2D eigenvalue weighted by Gasteiger charge is 2.34. The molecule has 1 aliphatic heterocycles. The molecule has 0 radical (unpaired) electrons. The first-order chi connectivity index (χ1) is 16.2. The molecular formula is C24H29N3O4S3. The first-order valence-electron chi connectivity index (χ1n) is 11.2. The van der Waals surface area contributed by atoms with Crippen LogP contribution in [0.1, 0.15) is 23.3 Å². The van der Waals surface area contributed by atoms with Crippen LogP contribution in [0.4, 0.5) is 0 Å². The van der Waals surface area contributed by atoms with E-state index in [1.54, 1.807) is 29.8 Å². The van der Waals surface area contributed by atoms with Gasteiger partial charge in [0.2, 0.25) is 10.0 Å². The maximum Gasteiger partial charge on any atom is 0.243 e. The molecule has 10 heteroatoms. The molecule has 34 heavy (non-hydrogen) atoms. The molecule has 2 aromatic heterocycles. The van der Waals surface area contributed by atoms with Gasteiger partial charge in [-0.2, -0.15) is 4.31 Å². The summed E-state index contributed by atoms with van der Waals surface area (Å²) in [6.07, 6.45) is 6.84. The number of pyridine rings is 1. The van der Waals surface area contributed by atoms with Gasteiger partial charge in [-0.15, -0.1) is 11.3 Å². The number of sulfonamides is 1. The van der Waals surface area contributed by atoms with E-state index in [1.165, 1.54) is 33.4 Å². The van der Waals surface area contributed by atoms with E-state index < -0.39 is 19.9 Å². The number of rotatable bonds is 9. The lowest BCUT2D eigenvalue weighted by Gasteiger charge is -2.38. The fourth-order valence-corrected chi connectivity index (χ4v) is 7.40. The normalized spacial score (nSPS) is 16.2. The zero-order valence-corrected chi connectivity index (χ0v) is 21.5. The highest BCUT2D eigenvalue weighted by Crippen LogP contribution is 2.28. The minimum absolute atomic E-state index is 0.000518. The Bertz CT molecular complexity index is 1290. The average Bonchev–Trinajstić information content (AvgIpc) is 3.36. The van der Waals surface area contributed by atoms with Crippen LogP contribution in [0.3, 0.4) is 0 Å². The van der Waals surface area contributed by atoms with Gasteiger partial charge in [-0.1, -0.05) is 18.2 Å². The Morgan fingerprint density at radius 1 is 1.03 bits per heavy atom. The molecule has 0 saturated carbocycles. The lowest BCUT2D eigenvalue weighted by molar-refractivity contribution is 0.157. The molecule has 0 aliphatic carbocycles. The van der Waals surface area contributed by atoms with Gasteiger partial charge in [0.05, 0.1) is 9.79 Å². The number of piperidine rings is 1. The van der Waals surface area contributed by atoms with Crippen LogP contribution in [0.5, 0.6) is 0 Å². The van der Waals surface area contributed by atoms with Crippen LogP contribution in [-0.4, -0.2) is 63.0 Å². The molecule has 0 bridgehead atoms. The van der Waals surface area contributed by atoms with E-state index in [0.717, 1.165) is 50.7 Å². The molecule has 4 rings (SSSR count). The number of aromatic nitrogens is 1. The monoisotopic (exact) mass is 519 g/mol. The van der Waals surface area contributed by atoms with Gasteiger partial charge in [-0.25, -0.2) is 16.8 Å². The molecule has 0 N–H and O–H groups in total. The van der Waals surface area contributed by atoms with Crippen LogP contribution in [0.25, 0.3) is 0 Å². The molecule has 1 saturated heterocycles. The molecule has 1 aromatic carbocycles. The first kappa shape index (κ1) is 25.0. The summed E-state index contributed by atoms with van der Waals surface area (Å²) < 4.78 is 53.2. The number of sulfone groups is 1. The van der Waals surface area contributed by atoms with Gasteiger partial charge in [0, 0.05) is 42.7 Å². The lowest BCUT2D eigenvalue weighted by Crippen LogP contribution is -2.47. The van der Waals surface area contributed by atoms with Crippen LogP contribution >= 0.6 is 11.3 Å². The molecule has 1 fully saturated rings. The highest BCUT2D eigenvalue weighted by molar-refractivity contribution is 7.91. The zero-order chi connectivity index (χ0) is 24.2. The largest absolute Gasteiger partial charge is 0.303 e. The Balaban J connectivity index is 1.55. The molecule has 7 nitrogen and oxygen atoms in total. The van der Waals surface area contributed by atoms with Crippen molar-refractivity contribution < 1.29 is 16.8 Å². The van der Waals surface area contributed by atoms with Crippen LogP contribution in [0, 0.1) is 0 Å². The second-order valence-corrected chi connectivity index (χ2v) is 13.5. The van der Waals surface area contributed by atoms with E-state index in [9.17, 15) is 16.8 Å². The maximum absolute atomic E-state index is 13.8. The van der Waals surface area contributed by atoms with Gasteiger partial charge in [0.1, 0.15) is 0 Å². The summed E-state index contributed by atoms with van der Waals surface area (Å²) in [5.74, 6) is 0. The minimum atomic E-state index is -3.92. The third-order valence-corrected chi connectivity index (χ3v) is 10.1. The van der Waals surface area contributed by atoms with E-state index in [4.69, 9.17) is 0 Å². The van der Waals surface area contributed by atoms with Crippen molar-refractivity contribution in [3.8, 4) is 0 Å². The molecule has 3 aromatic rings. The van der Waals surface area contributed by atoms with Crippen molar-refractivity contribution in [1.82, 2.24) is 14.2 Å². The molecule has 0 spiro atoms. The second kappa shape index (κ2) is 10.7. The Kier molecular flexibility index (Phi) is 7.83. The summed E-state index contributed by atoms with van der Waals surface area (Å²) in [6.45, 7) is 2.79. The standard InChI is InChI=1S/C24H29N3O4S3/c1-33(28,29)23-7-2-8-24(17-23)34(30,31)27(19-20-5-3-12-25-18-20)21-9-13-26(14-10-21)15-11-22-6-4-16-32-22/h2-8,12,16-18,21H,9-11,13-15,19H2,1H3. The number of benzene rings is 1. The SMILES string of the molecule is CS(=O)(=O)c1cccc(S(=O)(=O)N(Cc2cccnc2)C2CCN(CCc3cccs3)CC2)c1. The van der Waals surface area contributed by atoms with Crippen molar-refractivity contribution in [2.24, 2.45) is 0 Å². The Morgan fingerprint density at radius 3 is 2.44 bits per heavy atom. The van der Waals surface area contributed by atoms with Crippen LogP contribution in [0.2, 0.25) is 0 Å². The van der Waals surface area contributed by atoms with Crippen molar-refractivity contribution >= 4 is 31.2 Å². The van der Waals surface area contributed by atoms with Gasteiger partial charge >= 0.3 is 0 Å². The van der Waals surface area contributed by atoms with Gasteiger partial charge in [-0.3, -0.25) is 4.98 Å². The van der Waals surface area contributed by atoms with Gasteiger partial charge in [0.25, 0.3) is 0 Å². The molecule has 182 valence electrons. The maximum atomic E-state index is 13.8. The number of thiophene rings is 1. The smallest absolute Gasteiger partial charge is 0.243 e. The van der Waals surface area contributed by atoms with E-state index >= 15 is 0 Å². The van der Waals surface area contributed by atoms with Crippen LogP contribution in [0.15, 0.2) is 76.1 Å². The minimum Gasteiger partial charge on any atom is -0.303 e. The summed E-state index contributed by atoms with van der Waals surface area (Å²) >= 11 is 1.76. The third-order valence-electron chi connectivity index (χ3n) is 6.12. The average molecular weight is 520 g/mol. The topological polar surface area (TPSA) is 87.6 Å². The predicted molar refractivity (Wildman–Crippen MR) is 134 cm³/mol. The molecule has 0 atom stereocenters. The summed E-state index contributed by atoms with van der Waals surface area (Å²) in [4.78, 5) is 7.87. The molecular weight excluding hydrogens is 490 g/mol. The van der Waals surface area contributed by atoms with Crippen molar-refractivity contribution in [2.45, 2.75) is 41.6 Å². The Labute approximate surface area is 206 Å². The summed E-state index contributed by atoms with van der Waals surface area (Å²) in [6, 6.07) is 13.3. The van der Waals surface area contributed by atoms with Gasteiger partial charge < -0.3 is 4.90 Å². The summed E-state index contributed by atoms with van der Waals surface area (Å²) in [5.41, 5.74) is 0.797. The van der Waals surface area contributed by atoms with Crippen LogP contribution in [-0.2, 0) is 32.8 Å². The van der Waals surface area contributed by atoms with Crippen molar-refractivity contribution in [2.75, 3.05) is 25.9 Å². The van der Waals surface area contributed by atoms with E-state index in [2.05, 4.69) is 27.4 Å². The van der Waals surface area contributed by atoms with E-state index in [0.29, 0.717) is 0 Å². The fourth-order valence-electron chi connectivity index (χ4n) is 4.24. The molecule has 3 heterocycles.